The highest BCUT2D eigenvalue weighted by molar-refractivity contribution is 5.96. The highest BCUT2D eigenvalue weighted by atomic mass is 19.4. The molecule has 1 aromatic heterocycles. The van der Waals surface area contributed by atoms with Gasteiger partial charge >= 0.3 is 6.18 Å². The number of aryl methyl sites for hydroxylation is 1. The predicted molar refractivity (Wildman–Crippen MR) is 118 cm³/mol. The van der Waals surface area contributed by atoms with Crippen LogP contribution in [0.15, 0.2) is 54.7 Å². The number of hydrogen-bond donors (Lipinski definition) is 2. The second kappa shape index (κ2) is 9.21. The van der Waals surface area contributed by atoms with Gasteiger partial charge in [0.1, 0.15) is 11.6 Å². The number of nitriles is 1. The molecule has 8 nitrogen and oxygen atoms in total. The van der Waals surface area contributed by atoms with E-state index in [1.165, 1.54) is 29.2 Å². The number of amides is 2. The third-order valence-corrected chi connectivity index (χ3v) is 5.68. The van der Waals surface area contributed by atoms with Gasteiger partial charge < -0.3 is 10.6 Å². The van der Waals surface area contributed by atoms with Gasteiger partial charge in [-0.2, -0.15) is 28.3 Å². The van der Waals surface area contributed by atoms with Crippen molar-refractivity contribution in [3.8, 4) is 11.8 Å². The quantitative estimate of drug-likeness (QED) is 0.537. The van der Waals surface area contributed by atoms with Crippen LogP contribution >= 0.6 is 0 Å². The zero-order chi connectivity index (χ0) is 25.2. The van der Waals surface area contributed by atoms with Crippen LogP contribution in [0.5, 0.6) is 0 Å². The summed E-state index contributed by atoms with van der Waals surface area (Å²) in [6.07, 6.45) is -3.01. The molecule has 1 aliphatic rings. The summed E-state index contributed by atoms with van der Waals surface area (Å²) in [5, 5.41) is 22.5. The van der Waals surface area contributed by atoms with E-state index in [4.69, 9.17) is 0 Å². The molecule has 180 valence electrons. The van der Waals surface area contributed by atoms with Gasteiger partial charge in [0.25, 0.3) is 5.91 Å². The van der Waals surface area contributed by atoms with E-state index >= 15 is 0 Å². The van der Waals surface area contributed by atoms with Gasteiger partial charge in [-0.3, -0.25) is 9.59 Å². The minimum Gasteiger partial charge on any atom is -0.338 e. The fraction of sp³-hybridized carbons (Fsp3) is 0.292. The number of rotatable bonds is 7. The second-order valence-corrected chi connectivity index (χ2v) is 8.42. The summed E-state index contributed by atoms with van der Waals surface area (Å²) in [6.45, 7) is 1.92. The van der Waals surface area contributed by atoms with Crippen LogP contribution in [-0.2, 0) is 17.4 Å². The first-order chi connectivity index (χ1) is 16.6. The van der Waals surface area contributed by atoms with Crippen LogP contribution in [0.25, 0.3) is 5.69 Å². The molecule has 2 amide bonds. The van der Waals surface area contributed by atoms with Crippen molar-refractivity contribution in [2.45, 2.75) is 43.9 Å². The van der Waals surface area contributed by atoms with Gasteiger partial charge in [-0.05, 0) is 43.5 Å². The third-order valence-electron chi connectivity index (χ3n) is 5.68. The Bertz CT molecular complexity index is 1290. The molecule has 0 radical (unpaired) electrons. The Hall–Kier alpha value is -4.20. The van der Waals surface area contributed by atoms with Crippen LogP contribution in [-0.4, -0.2) is 38.4 Å². The largest absolute Gasteiger partial charge is 0.416 e. The summed E-state index contributed by atoms with van der Waals surface area (Å²) < 4.78 is 40.5. The minimum absolute atomic E-state index is 0.117. The van der Waals surface area contributed by atoms with Crippen molar-refractivity contribution in [3.05, 3.63) is 77.1 Å². The fourth-order valence-electron chi connectivity index (χ4n) is 3.52. The zero-order valence-corrected chi connectivity index (χ0v) is 18.6. The van der Waals surface area contributed by atoms with Gasteiger partial charge in [0.15, 0.2) is 5.69 Å². The maximum atomic E-state index is 13.5. The van der Waals surface area contributed by atoms with E-state index < -0.39 is 41.6 Å². The molecule has 11 heteroatoms. The molecule has 1 fully saturated rings. The van der Waals surface area contributed by atoms with Crippen molar-refractivity contribution in [2.75, 3.05) is 0 Å². The summed E-state index contributed by atoms with van der Waals surface area (Å²) in [6, 6.07) is 12.7. The topological polar surface area (TPSA) is 113 Å². The molecule has 4 rings (SSSR count). The lowest BCUT2D eigenvalue weighted by Crippen LogP contribution is -2.51. The van der Waals surface area contributed by atoms with E-state index in [1.54, 1.807) is 12.1 Å². The number of carbonyl (C=O) groups excluding carboxylic acids is 2. The molecule has 0 spiro atoms. The Morgan fingerprint density at radius 1 is 1.17 bits per heavy atom. The summed E-state index contributed by atoms with van der Waals surface area (Å²) in [7, 11) is 0. The molecule has 0 saturated heterocycles. The highest BCUT2D eigenvalue weighted by Crippen LogP contribution is 2.35. The van der Waals surface area contributed by atoms with Crippen LogP contribution in [0.2, 0.25) is 0 Å². The van der Waals surface area contributed by atoms with Crippen molar-refractivity contribution < 1.29 is 22.8 Å². The van der Waals surface area contributed by atoms with Crippen LogP contribution in [0.3, 0.4) is 0 Å². The average Bonchev–Trinajstić information content (AvgIpc) is 3.41. The number of hydrogen-bond acceptors (Lipinski definition) is 5. The summed E-state index contributed by atoms with van der Waals surface area (Å²) in [5.74, 6) is -1.53. The van der Waals surface area contributed by atoms with E-state index in [2.05, 4.69) is 20.8 Å². The Morgan fingerprint density at radius 2 is 1.86 bits per heavy atom. The lowest BCUT2D eigenvalue weighted by molar-refractivity contribution is -0.138. The molecule has 1 aliphatic carbocycles. The number of benzene rings is 2. The Labute approximate surface area is 198 Å². The second-order valence-electron chi connectivity index (χ2n) is 8.42. The van der Waals surface area contributed by atoms with Crippen molar-refractivity contribution in [2.24, 2.45) is 0 Å². The molecule has 1 atom stereocenters. The summed E-state index contributed by atoms with van der Waals surface area (Å²) >= 11 is 0. The predicted octanol–water partition coefficient (Wildman–Crippen LogP) is 3.11. The molecule has 0 aliphatic heterocycles. The van der Waals surface area contributed by atoms with Gasteiger partial charge in [0.2, 0.25) is 5.91 Å². The molecule has 0 unspecified atom stereocenters. The van der Waals surface area contributed by atoms with Crippen molar-refractivity contribution >= 4 is 11.8 Å². The Balaban J connectivity index is 1.57. The fourth-order valence-corrected chi connectivity index (χ4v) is 3.52. The normalized spacial score (nSPS) is 15.1. The molecule has 1 heterocycles. The lowest BCUT2D eigenvalue weighted by Gasteiger charge is -2.21. The SMILES string of the molecule is Cc1ccc(-n2ncc(C(=O)N[C@@H](Cc3ccccc3C(F)(F)F)C(=O)NC3(C#N)CC3)n2)cc1. The van der Waals surface area contributed by atoms with Gasteiger partial charge in [-0.15, -0.1) is 5.10 Å². The van der Waals surface area contributed by atoms with Crippen LogP contribution in [0.4, 0.5) is 13.2 Å². The standard InChI is InChI=1S/C24H21F3N6O2/c1-15-6-8-17(9-7-15)33-29-13-20(32-33)21(34)30-19(22(35)31-23(14-28)10-11-23)12-16-4-2-3-5-18(16)24(25,26)27/h2-9,13,19H,10-12H2,1H3,(H,30,34)(H,31,35)/t19-/m0/s1. The summed E-state index contributed by atoms with van der Waals surface area (Å²) in [4.78, 5) is 27.1. The summed E-state index contributed by atoms with van der Waals surface area (Å²) in [5.41, 5.74) is -0.610. The number of nitrogens with zero attached hydrogens (tertiary/aromatic N) is 4. The first-order valence-corrected chi connectivity index (χ1v) is 10.8. The maximum absolute atomic E-state index is 13.5. The number of halogens is 3. The van der Waals surface area contributed by atoms with Gasteiger partial charge in [-0.1, -0.05) is 35.9 Å². The van der Waals surface area contributed by atoms with Crippen LogP contribution in [0.1, 0.15) is 40.0 Å². The van der Waals surface area contributed by atoms with E-state index in [1.807, 2.05) is 25.1 Å². The van der Waals surface area contributed by atoms with Crippen LogP contribution < -0.4 is 10.6 Å². The van der Waals surface area contributed by atoms with Gasteiger partial charge in [0.05, 0.1) is 23.5 Å². The Kier molecular flexibility index (Phi) is 6.30. The molecule has 2 aromatic carbocycles. The lowest BCUT2D eigenvalue weighted by atomic mass is 9.99. The number of aromatic nitrogens is 3. The molecule has 35 heavy (non-hydrogen) atoms. The molecule has 3 aromatic rings. The minimum atomic E-state index is -4.64. The zero-order valence-electron chi connectivity index (χ0n) is 18.6. The van der Waals surface area contributed by atoms with Crippen molar-refractivity contribution in [1.82, 2.24) is 25.6 Å². The molecule has 2 N–H and O–H groups in total. The Morgan fingerprint density at radius 3 is 2.49 bits per heavy atom. The number of nitrogens with one attached hydrogen (secondary N) is 2. The van der Waals surface area contributed by atoms with E-state index in [0.29, 0.717) is 18.5 Å². The monoisotopic (exact) mass is 482 g/mol. The van der Waals surface area contributed by atoms with Gasteiger partial charge in [-0.25, -0.2) is 0 Å². The maximum Gasteiger partial charge on any atom is 0.416 e. The van der Waals surface area contributed by atoms with Crippen LogP contribution in [0, 0.1) is 18.3 Å². The first-order valence-electron chi connectivity index (χ1n) is 10.8. The third kappa shape index (κ3) is 5.48. The van der Waals surface area contributed by atoms with E-state index in [-0.39, 0.29) is 11.3 Å². The van der Waals surface area contributed by atoms with E-state index in [9.17, 15) is 28.0 Å². The molecule has 0 bridgehead atoms. The smallest absolute Gasteiger partial charge is 0.338 e. The number of alkyl halides is 3. The molecular formula is C24H21F3N6O2. The first kappa shape index (κ1) is 23.9. The average molecular weight is 482 g/mol. The van der Waals surface area contributed by atoms with Gasteiger partial charge in [0, 0.05) is 6.42 Å². The molecular weight excluding hydrogens is 461 g/mol. The molecule has 1 saturated carbocycles. The van der Waals surface area contributed by atoms with Crippen molar-refractivity contribution in [3.63, 3.8) is 0 Å². The highest BCUT2D eigenvalue weighted by Gasteiger charge is 2.46. The van der Waals surface area contributed by atoms with E-state index in [0.717, 1.165) is 11.6 Å². The van der Waals surface area contributed by atoms with Crippen molar-refractivity contribution in [1.29, 1.82) is 5.26 Å². The number of carbonyl (C=O) groups is 2.